The molecule has 0 spiro atoms. The molecule has 1 N–H and O–H groups in total. The first kappa shape index (κ1) is 20.1. The van der Waals surface area contributed by atoms with Crippen molar-refractivity contribution in [2.24, 2.45) is 0 Å². The number of esters is 1. The Morgan fingerprint density at radius 2 is 2.04 bits per heavy atom. The van der Waals surface area contributed by atoms with Crippen LogP contribution in [-0.2, 0) is 14.3 Å². The summed E-state index contributed by atoms with van der Waals surface area (Å²) in [4.78, 5) is 37.0. The van der Waals surface area contributed by atoms with Gasteiger partial charge in [0.05, 0.1) is 16.6 Å². The second kappa shape index (κ2) is 9.50. The molecule has 2 saturated heterocycles. The monoisotopic (exact) mass is 391 g/mol. The van der Waals surface area contributed by atoms with Crippen molar-refractivity contribution in [1.29, 1.82) is 0 Å². The minimum atomic E-state index is -0.763. The number of carbonyl (C=O) groups is 2. The number of anilines is 1. The van der Waals surface area contributed by atoms with E-state index in [9.17, 15) is 19.7 Å². The maximum atomic E-state index is 12.2. The van der Waals surface area contributed by atoms with E-state index in [1.54, 1.807) is 6.07 Å². The number of hydrogen-bond donors (Lipinski definition) is 1. The van der Waals surface area contributed by atoms with Crippen LogP contribution >= 0.6 is 0 Å². The highest BCUT2D eigenvalue weighted by atomic mass is 16.6. The van der Waals surface area contributed by atoms with Crippen LogP contribution in [0.1, 0.15) is 42.5 Å². The molecule has 0 aromatic heterocycles. The van der Waals surface area contributed by atoms with Crippen LogP contribution in [0.5, 0.6) is 0 Å². The minimum absolute atomic E-state index is 0.00429. The van der Waals surface area contributed by atoms with Crippen LogP contribution in [0.25, 0.3) is 0 Å². The molecule has 2 aliphatic rings. The van der Waals surface area contributed by atoms with Gasteiger partial charge in [-0.1, -0.05) is 0 Å². The van der Waals surface area contributed by atoms with E-state index < -0.39 is 23.4 Å². The summed E-state index contributed by atoms with van der Waals surface area (Å²) < 4.78 is 10.4. The van der Waals surface area contributed by atoms with Crippen molar-refractivity contribution in [3.8, 4) is 0 Å². The highest BCUT2D eigenvalue weighted by Crippen LogP contribution is 2.31. The van der Waals surface area contributed by atoms with Crippen molar-refractivity contribution in [3.05, 3.63) is 33.9 Å². The zero-order chi connectivity index (χ0) is 19.9. The third kappa shape index (κ3) is 5.19. The molecule has 3 rings (SSSR count). The van der Waals surface area contributed by atoms with Crippen LogP contribution in [-0.4, -0.2) is 55.8 Å². The number of amides is 1. The Morgan fingerprint density at radius 3 is 2.71 bits per heavy atom. The topological polar surface area (TPSA) is 111 Å². The van der Waals surface area contributed by atoms with Crippen molar-refractivity contribution in [3.63, 3.8) is 0 Å². The molecule has 0 bridgehead atoms. The van der Waals surface area contributed by atoms with E-state index in [2.05, 4.69) is 5.32 Å². The number of hydrogen-bond acceptors (Lipinski definition) is 7. The van der Waals surface area contributed by atoms with Crippen LogP contribution in [0, 0.1) is 10.1 Å². The quantitative estimate of drug-likeness (QED) is 0.430. The number of nitrogens with zero attached hydrogens (tertiary/aromatic N) is 2. The van der Waals surface area contributed by atoms with E-state index in [0.717, 1.165) is 45.2 Å². The van der Waals surface area contributed by atoms with Gasteiger partial charge in [0.15, 0.2) is 6.61 Å². The van der Waals surface area contributed by atoms with Crippen molar-refractivity contribution in [1.82, 2.24) is 5.32 Å². The molecular formula is C19H25N3O6. The zero-order valence-corrected chi connectivity index (χ0v) is 15.7. The second-order valence-corrected chi connectivity index (χ2v) is 7.02. The van der Waals surface area contributed by atoms with Gasteiger partial charge in [-0.05, 0) is 44.2 Å². The fourth-order valence-corrected chi connectivity index (χ4v) is 3.50. The van der Waals surface area contributed by atoms with Crippen molar-refractivity contribution in [2.75, 3.05) is 37.7 Å². The Hall–Kier alpha value is -2.68. The molecule has 0 radical (unpaired) electrons. The number of nitro benzene ring substituents is 1. The Bertz CT molecular complexity index is 726. The second-order valence-electron chi connectivity index (χ2n) is 7.02. The summed E-state index contributed by atoms with van der Waals surface area (Å²) in [6.45, 7) is 2.16. The van der Waals surface area contributed by atoms with Gasteiger partial charge in [-0.2, -0.15) is 0 Å². The summed E-state index contributed by atoms with van der Waals surface area (Å²) in [5, 5.41) is 14.1. The van der Waals surface area contributed by atoms with Gasteiger partial charge in [-0.3, -0.25) is 14.9 Å². The predicted molar refractivity (Wildman–Crippen MR) is 101 cm³/mol. The number of benzene rings is 1. The van der Waals surface area contributed by atoms with Crippen molar-refractivity contribution >= 4 is 23.3 Å². The van der Waals surface area contributed by atoms with Gasteiger partial charge in [0, 0.05) is 32.3 Å². The van der Waals surface area contributed by atoms with Gasteiger partial charge in [0.25, 0.3) is 11.6 Å². The van der Waals surface area contributed by atoms with Crippen LogP contribution in [0.2, 0.25) is 0 Å². The predicted octanol–water partition coefficient (Wildman–Crippen LogP) is 2.04. The van der Waals surface area contributed by atoms with Crippen molar-refractivity contribution < 1.29 is 24.0 Å². The molecule has 1 aromatic carbocycles. The number of rotatable bonds is 7. The van der Waals surface area contributed by atoms with E-state index >= 15 is 0 Å². The minimum Gasteiger partial charge on any atom is -0.452 e. The van der Waals surface area contributed by atoms with Crippen LogP contribution < -0.4 is 10.2 Å². The molecule has 9 heteroatoms. The summed E-state index contributed by atoms with van der Waals surface area (Å²) in [5.74, 6) is -1.19. The number of piperidine rings is 1. The lowest BCUT2D eigenvalue weighted by atomic mass is 10.1. The highest BCUT2D eigenvalue weighted by molar-refractivity contribution is 5.93. The van der Waals surface area contributed by atoms with Crippen LogP contribution in [0.15, 0.2) is 18.2 Å². The lowest BCUT2D eigenvalue weighted by Crippen LogP contribution is -2.34. The van der Waals surface area contributed by atoms with E-state index in [1.807, 2.05) is 4.90 Å². The fourth-order valence-electron chi connectivity index (χ4n) is 3.50. The number of carbonyl (C=O) groups excluding carboxylic acids is 2. The smallest absolute Gasteiger partial charge is 0.338 e. The third-order valence-electron chi connectivity index (χ3n) is 4.99. The molecule has 1 aromatic rings. The lowest BCUT2D eigenvalue weighted by Gasteiger charge is -2.28. The van der Waals surface area contributed by atoms with Crippen LogP contribution in [0.3, 0.4) is 0 Å². The molecule has 28 heavy (non-hydrogen) atoms. The molecule has 0 saturated carbocycles. The first-order chi connectivity index (χ1) is 13.5. The van der Waals surface area contributed by atoms with E-state index in [1.165, 1.54) is 12.1 Å². The lowest BCUT2D eigenvalue weighted by molar-refractivity contribution is -0.384. The molecule has 1 atom stereocenters. The van der Waals surface area contributed by atoms with Gasteiger partial charge in [-0.15, -0.1) is 0 Å². The molecule has 0 aliphatic carbocycles. The maximum Gasteiger partial charge on any atom is 0.338 e. The Morgan fingerprint density at radius 1 is 1.25 bits per heavy atom. The van der Waals surface area contributed by atoms with E-state index in [-0.39, 0.29) is 17.4 Å². The summed E-state index contributed by atoms with van der Waals surface area (Å²) in [7, 11) is 0. The van der Waals surface area contributed by atoms with E-state index in [0.29, 0.717) is 18.8 Å². The first-order valence-electron chi connectivity index (χ1n) is 9.63. The first-order valence-corrected chi connectivity index (χ1v) is 9.63. The Kier molecular flexibility index (Phi) is 6.80. The average molecular weight is 391 g/mol. The molecule has 2 fully saturated rings. The van der Waals surface area contributed by atoms with Gasteiger partial charge in [0.2, 0.25) is 0 Å². The van der Waals surface area contributed by atoms with Gasteiger partial charge in [0.1, 0.15) is 5.69 Å². The molecule has 2 heterocycles. The Labute approximate surface area is 163 Å². The van der Waals surface area contributed by atoms with Gasteiger partial charge in [-0.25, -0.2) is 4.79 Å². The summed E-state index contributed by atoms with van der Waals surface area (Å²) in [6.07, 6.45) is 4.96. The normalized spacial score (nSPS) is 19.3. The van der Waals surface area contributed by atoms with Gasteiger partial charge < -0.3 is 19.7 Å². The highest BCUT2D eigenvalue weighted by Gasteiger charge is 2.24. The number of nitrogens with one attached hydrogen (secondary N) is 1. The SMILES string of the molecule is O=C(COC(=O)c1ccc(N2CCCCC2)c([N+](=O)[O-])c1)NC[C@@H]1CCCO1. The fraction of sp³-hybridized carbons (Fsp3) is 0.579. The molecule has 152 valence electrons. The summed E-state index contributed by atoms with van der Waals surface area (Å²) in [6, 6.07) is 4.30. The zero-order valence-electron chi connectivity index (χ0n) is 15.7. The van der Waals surface area contributed by atoms with Gasteiger partial charge >= 0.3 is 5.97 Å². The molecule has 9 nitrogen and oxygen atoms in total. The largest absolute Gasteiger partial charge is 0.452 e. The maximum absolute atomic E-state index is 12.2. The number of ether oxygens (including phenoxy) is 2. The molecule has 2 aliphatic heterocycles. The van der Waals surface area contributed by atoms with E-state index in [4.69, 9.17) is 9.47 Å². The molecule has 1 amide bonds. The molecule has 0 unspecified atom stereocenters. The Balaban J connectivity index is 1.57. The summed E-state index contributed by atoms with van der Waals surface area (Å²) >= 11 is 0. The van der Waals surface area contributed by atoms with Crippen LogP contribution in [0.4, 0.5) is 11.4 Å². The van der Waals surface area contributed by atoms with Crippen molar-refractivity contribution in [2.45, 2.75) is 38.2 Å². The average Bonchev–Trinajstić information content (AvgIpc) is 3.24. The third-order valence-corrected chi connectivity index (χ3v) is 4.99. The molecular weight excluding hydrogens is 366 g/mol. The summed E-state index contributed by atoms with van der Waals surface area (Å²) in [5.41, 5.74) is 0.439. The number of nitro groups is 1. The standard InChI is InChI=1S/C19H25N3O6/c23-18(20-12-15-5-4-10-27-15)13-28-19(24)14-6-7-16(17(11-14)22(25)26)21-8-2-1-3-9-21/h6-7,11,15H,1-5,8-10,12-13H2,(H,20,23)/t15-/m0/s1.